The normalized spacial score (nSPS) is 10.4. The second-order valence-electron chi connectivity index (χ2n) is 5.99. The van der Waals surface area contributed by atoms with E-state index in [1.807, 2.05) is 91.9 Å². The second kappa shape index (κ2) is 9.19. The minimum atomic E-state index is -0.0412. The molecule has 0 fully saturated rings. The van der Waals surface area contributed by atoms with Gasteiger partial charge in [0.25, 0.3) is 5.91 Å². The highest BCUT2D eigenvalue weighted by Crippen LogP contribution is 2.23. The molecular formula is C23H21NO2S. The summed E-state index contributed by atoms with van der Waals surface area (Å²) < 4.78 is 0. The first kappa shape index (κ1) is 18.9. The molecule has 0 bridgehead atoms. The molecular weight excluding hydrogens is 354 g/mol. The van der Waals surface area contributed by atoms with E-state index in [2.05, 4.69) is 0 Å². The molecule has 0 saturated carbocycles. The predicted molar refractivity (Wildman–Crippen MR) is 112 cm³/mol. The van der Waals surface area contributed by atoms with Crippen LogP contribution in [0, 0.1) is 0 Å². The van der Waals surface area contributed by atoms with Gasteiger partial charge in [-0.15, -0.1) is 11.8 Å². The Kier molecular flexibility index (Phi) is 6.44. The number of carbonyl (C=O) groups is 2. The Hall–Kier alpha value is -2.85. The lowest BCUT2D eigenvalue weighted by Gasteiger charge is -2.21. The number of hydrogen-bond donors (Lipinski definition) is 0. The van der Waals surface area contributed by atoms with Gasteiger partial charge in [0.2, 0.25) is 0 Å². The number of carbonyl (C=O) groups excluding carboxylic acids is 2. The molecule has 136 valence electrons. The van der Waals surface area contributed by atoms with E-state index >= 15 is 0 Å². The molecule has 4 heteroatoms. The van der Waals surface area contributed by atoms with Crippen molar-refractivity contribution < 1.29 is 9.59 Å². The van der Waals surface area contributed by atoms with E-state index in [-0.39, 0.29) is 11.7 Å². The first-order valence-electron chi connectivity index (χ1n) is 8.87. The van der Waals surface area contributed by atoms with Crippen LogP contribution < -0.4 is 4.90 Å². The molecule has 0 aromatic heterocycles. The average molecular weight is 375 g/mol. The van der Waals surface area contributed by atoms with Gasteiger partial charge in [0.05, 0.1) is 5.75 Å². The van der Waals surface area contributed by atoms with Gasteiger partial charge in [0.1, 0.15) is 0 Å². The van der Waals surface area contributed by atoms with Gasteiger partial charge in [0.15, 0.2) is 5.78 Å². The van der Waals surface area contributed by atoms with Crippen molar-refractivity contribution in [3.8, 4) is 0 Å². The summed E-state index contributed by atoms with van der Waals surface area (Å²) in [5.74, 6) is 0.384. The number of anilines is 1. The third-order valence-corrected chi connectivity index (χ3v) is 5.17. The molecule has 3 rings (SSSR count). The van der Waals surface area contributed by atoms with Crippen LogP contribution in [0.2, 0.25) is 0 Å². The van der Waals surface area contributed by atoms with Gasteiger partial charge in [-0.3, -0.25) is 9.59 Å². The number of benzene rings is 3. The molecule has 0 spiro atoms. The number of nitrogens with zero attached hydrogens (tertiary/aromatic N) is 1. The molecule has 3 aromatic rings. The Bertz CT molecular complexity index is 910. The lowest BCUT2D eigenvalue weighted by molar-refractivity contribution is 0.0986. The molecule has 0 aliphatic carbocycles. The van der Waals surface area contributed by atoms with Crippen LogP contribution in [0.25, 0.3) is 0 Å². The molecule has 3 nitrogen and oxygen atoms in total. The van der Waals surface area contributed by atoms with Crippen LogP contribution in [0.5, 0.6) is 0 Å². The Balaban J connectivity index is 1.71. The van der Waals surface area contributed by atoms with Crippen LogP contribution in [0.1, 0.15) is 27.6 Å². The smallest absolute Gasteiger partial charge is 0.258 e. The van der Waals surface area contributed by atoms with Crippen molar-refractivity contribution in [3.63, 3.8) is 0 Å². The van der Waals surface area contributed by atoms with Crippen molar-refractivity contribution in [2.24, 2.45) is 0 Å². The summed E-state index contributed by atoms with van der Waals surface area (Å²) in [5.41, 5.74) is 2.21. The fourth-order valence-corrected chi connectivity index (χ4v) is 3.63. The molecule has 0 saturated heterocycles. The van der Waals surface area contributed by atoms with Crippen LogP contribution in [0.15, 0.2) is 89.8 Å². The second-order valence-corrected chi connectivity index (χ2v) is 7.04. The standard InChI is InChI=1S/C23H21NO2S/c1-2-24(20-13-7-4-8-14-20)23(26)19-12-9-15-21(16-19)27-17-22(25)18-10-5-3-6-11-18/h3-16H,2,17H2,1H3. The van der Waals surface area contributed by atoms with E-state index in [9.17, 15) is 9.59 Å². The molecule has 0 aliphatic rings. The molecule has 0 heterocycles. The third-order valence-electron chi connectivity index (χ3n) is 4.18. The van der Waals surface area contributed by atoms with Gasteiger partial charge >= 0.3 is 0 Å². The monoisotopic (exact) mass is 375 g/mol. The highest BCUT2D eigenvalue weighted by Gasteiger charge is 2.16. The maximum absolute atomic E-state index is 12.9. The van der Waals surface area contributed by atoms with Crippen molar-refractivity contribution in [1.29, 1.82) is 0 Å². The number of Topliss-reactive ketones (excluding diaryl/α,β-unsaturated/α-hetero) is 1. The molecule has 3 aromatic carbocycles. The summed E-state index contributed by atoms with van der Waals surface area (Å²) in [4.78, 5) is 27.9. The van der Waals surface area contributed by atoms with E-state index in [1.54, 1.807) is 4.90 Å². The highest BCUT2D eigenvalue weighted by atomic mass is 32.2. The summed E-state index contributed by atoms with van der Waals surface area (Å²) in [7, 11) is 0. The zero-order valence-corrected chi connectivity index (χ0v) is 16.0. The number of para-hydroxylation sites is 1. The first-order chi connectivity index (χ1) is 13.2. The molecule has 0 unspecified atom stereocenters. The third kappa shape index (κ3) is 4.86. The van der Waals surface area contributed by atoms with Gasteiger partial charge < -0.3 is 4.90 Å². The summed E-state index contributed by atoms with van der Waals surface area (Å²) in [6.07, 6.45) is 0. The van der Waals surface area contributed by atoms with Crippen LogP contribution in [-0.2, 0) is 0 Å². The zero-order chi connectivity index (χ0) is 19.1. The molecule has 0 aliphatic heterocycles. The van der Waals surface area contributed by atoms with Crippen LogP contribution in [0.4, 0.5) is 5.69 Å². The molecule has 1 amide bonds. The Morgan fingerprint density at radius 1 is 0.815 bits per heavy atom. The van der Waals surface area contributed by atoms with E-state index in [1.165, 1.54) is 11.8 Å². The summed E-state index contributed by atoms with van der Waals surface area (Å²) in [5, 5.41) is 0. The van der Waals surface area contributed by atoms with Gasteiger partial charge in [-0.05, 0) is 37.3 Å². The van der Waals surface area contributed by atoms with Crippen LogP contribution >= 0.6 is 11.8 Å². The van der Waals surface area contributed by atoms with Gasteiger partial charge in [-0.25, -0.2) is 0 Å². The van der Waals surface area contributed by atoms with Gasteiger partial charge in [-0.2, -0.15) is 0 Å². The lowest BCUT2D eigenvalue weighted by atomic mass is 10.1. The number of hydrogen-bond acceptors (Lipinski definition) is 3. The van der Waals surface area contributed by atoms with Gasteiger partial charge in [0, 0.05) is 28.3 Å². The SMILES string of the molecule is CCN(C(=O)c1cccc(SCC(=O)c2ccccc2)c1)c1ccccc1. The summed E-state index contributed by atoms with van der Waals surface area (Å²) >= 11 is 1.45. The van der Waals surface area contributed by atoms with Crippen molar-refractivity contribution >= 4 is 29.1 Å². The maximum Gasteiger partial charge on any atom is 0.258 e. The zero-order valence-electron chi connectivity index (χ0n) is 15.2. The van der Waals surface area contributed by atoms with Crippen molar-refractivity contribution in [1.82, 2.24) is 0 Å². The Morgan fingerprint density at radius 2 is 1.44 bits per heavy atom. The van der Waals surface area contributed by atoms with Crippen molar-refractivity contribution in [3.05, 3.63) is 96.1 Å². The molecule has 0 N–H and O–H groups in total. The topological polar surface area (TPSA) is 37.4 Å². The predicted octanol–water partition coefficient (Wildman–Crippen LogP) is 5.33. The van der Waals surface area contributed by atoms with Crippen LogP contribution in [0.3, 0.4) is 0 Å². The van der Waals surface area contributed by atoms with Gasteiger partial charge in [-0.1, -0.05) is 54.6 Å². The largest absolute Gasteiger partial charge is 0.309 e. The minimum Gasteiger partial charge on any atom is -0.309 e. The minimum absolute atomic E-state index is 0.0412. The summed E-state index contributed by atoms with van der Waals surface area (Å²) in [6, 6.07) is 26.4. The average Bonchev–Trinajstić information content (AvgIpc) is 2.74. The highest BCUT2D eigenvalue weighted by molar-refractivity contribution is 8.00. The van der Waals surface area contributed by atoms with Crippen molar-refractivity contribution in [2.45, 2.75) is 11.8 Å². The van der Waals surface area contributed by atoms with Crippen LogP contribution in [-0.4, -0.2) is 24.0 Å². The first-order valence-corrected chi connectivity index (χ1v) is 9.85. The maximum atomic E-state index is 12.9. The Labute approximate surface area is 164 Å². The van der Waals surface area contributed by atoms with E-state index in [0.29, 0.717) is 23.4 Å². The fourth-order valence-electron chi connectivity index (χ4n) is 2.78. The molecule has 27 heavy (non-hydrogen) atoms. The van der Waals surface area contributed by atoms with Crippen molar-refractivity contribution in [2.75, 3.05) is 17.2 Å². The Morgan fingerprint density at radius 3 is 2.11 bits per heavy atom. The lowest BCUT2D eigenvalue weighted by Crippen LogP contribution is -2.30. The fraction of sp³-hybridized carbons (Fsp3) is 0.130. The molecule has 0 radical (unpaired) electrons. The number of ketones is 1. The van der Waals surface area contributed by atoms with E-state index < -0.39 is 0 Å². The quantitative estimate of drug-likeness (QED) is 0.414. The number of rotatable bonds is 7. The number of amides is 1. The van der Waals surface area contributed by atoms with E-state index in [4.69, 9.17) is 0 Å². The summed E-state index contributed by atoms with van der Waals surface area (Å²) in [6.45, 7) is 2.55. The molecule has 0 atom stereocenters. The van der Waals surface area contributed by atoms with E-state index in [0.717, 1.165) is 10.6 Å². The number of thioether (sulfide) groups is 1.